The smallest absolute Gasteiger partial charge is 0.428 e. The Balaban J connectivity index is 4.32. The third kappa shape index (κ3) is 4.62. The van der Waals surface area contributed by atoms with Crippen LogP contribution in [0.2, 0.25) is 0 Å². The van der Waals surface area contributed by atoms with E-state index in [1.807, 2.05) is 0 Å². The van der Waals surface area contributed by atoms with Crippen LogP contribution in [0.4, 0.5) is 9.59 Å². The summed E-state index contributed by atoms with van der Waals surface area (Å²) >= 11 is 0.911. The lowest BCUT2D eigenvalue weighted by molar-refractivity contribution is 0.0450. The van der Waals surface area contributed by atoms with E-state index in [1.165, 1.54) is 0 Å². The van der Waals surface area contributed by atoms with Crippen LogP contribution in [0.5, 0.6) is 0 Å². The minimum absolute atomic E-state index is 0.624. The highest BCUT2D eigenvalue weighted by molar-refractivity contribution is 7.97. The van der Waals surface area contributed by atoms with E-state index in [4.69, 9.17) is 10.5 Å². The fraction of sp³-hybridized carbons (Fsp3) is 0.714. The third-order valence-electron chi connectivity index (χ3n) is 0.942. The van der Waals surface area contributed by atoms with Gasteiger partial charge >= 0.3 is 12.1 Å². The molecular weight excluding hydrogens is 192 g/mol. The van der Waals surface area contributed by atoms with E-state index in [1.54, 1.807) is 27.0 Å². The first-order valence-corrected chi connectivity index (χ1v) is 4.82. The molecule has 0 heterocycles. The molecule has 0 aliphatic heterocycles. The lowest BCUT2D eigenvalue weighted by atomic mass is 10.2. The maximum absolute atomic E-state index is 11.2. The second-order valence-corrected chi connectivity index (χ2v) is 4.03. The molecule has 0 radical (unpaired) electrons. The van der Waals surface area contributed by atoms with E-state index in [-0.39, 0.29) is 0 Å². The van der Waals surface area contributed by atoms with Gasteiger partial charge in [-0.3, -0.25) is 0 Å². The van der Waals surface area contributed by atoms with Gasteiger partial charge in [0.15, 0.2) is 0 Å². The number of amides is 3. The number of urea groups is 1. The number of rotatable bonds is 1. The molecule has 3 amide bonds. The highest BCUT2D eigenvalue weighted by Crippen LogP contribution is 2.13. The summed E-state index contributed by atoms with van der Waals surface area (Å²) in [4.78, 5) is 21.9. The van der Waals surface area contributed by atoms with Crippen molar-refractivity contribution >= 4 is 24.1 Å². The van der Waals surface area contributed by atoms with Crippen LogP contribution in [0.25, 0.3) is 0 Å². The summed E-state index contributed by atoms with van der Waals surface area (Å²) in [5.41, 5.74) is 4.31. The second-order valence-electron chi connectivity index (χ2n) is 3.30. The van der Waals surface area contributed by atoms with Gasteiger partial charge < -0.3 is 10.5 Å². The van der Waals surface area contributed by atoms with Gasteiger partial charge in [0.25, 0.3) is 0 Å². The lowest BCUT2D eigenvalue weighted by Gasteiger charge is -2.23. The van der Waals surface area contributed by atoms with Crippen LogP contribution in [0, 0.1) is 0 Å². The van der Waals surface area contributed by atoms with Gasteiger partial charge in [0.2, 0.25) is 0 Å². The van der Waals surface area contributed by atoms with Gasteiger partial charge in [-0.1, -0.05) is 0 Å². The van der Waals surface area contributed by atoms with Crippen molar-refractivity contribution in [2.24, 2.45) is 5.73 Å². The summed E-state index contributed by atoms with van der Waals surface area (Å²) in [7, 11) is 0. The van der Waals surface area contributed by atoms with Gasteiger partial charge in [0, 0.05) is 6.26 Å². The molecule has 0 saturated carbocycles. The fourth-order valence-corrected chi connectivity index (χ4v) is 0.924. The van der Waals surface area contributed by atoms with Crippen LogP contribution in [0.3, 0.4) is 0 Å². The number of carbonyl (C=O) groups excluding carboxylic acids is 2. The number of ether oxygens (including phenoxy) is 1. The van der Waals surface area contributed by atoms with Crippen molar-refractivity contribution in [3.8, 4) is 0 Å². The van der Waals surface area contributed by atoms with Crippen LogP contribution in [0.15, 0.2) is 0 Å². The highest BCUT2D eigenvalue weighted by atomic mass is 32.2. The molecular formula is C7H14N2O3S. The van der Waals surface area contributed by atoms with Crippen molar-refractivity contribution in [1.29, 1.82) is 0 Å². The predicted octanol–water partition coefficient (Wildman–Crippen LogP) is 1.58. The first kappa shape index (κ1) is 12.1. The SMILES string of the molecule is CSN(C(N)=O)C(=O)OC(C)(C)C. The van der Waals surface area contributed by atoms with Crippen LogP contribution in [-0.2, 0) is 4.74 Å². The Bertz CT molecular complexity index is 212. The standard InChI is InChI=1S/C7H14N2O3S/c1-7(2,3)12-6(11)9(13-4)5(8)10/h1-4H3,(H2,8,10). The zero-order chi connectivity index (χ0) is 10.6. The van der Waals surface area contributed by atoms with Gasteiger partial charge in [-0.05, 0) is 32.7 Å². The molecule has 0 aromatic heterocycles. The van der Waals surface area contributed by atoms with E-state index in [9.17, 15) is 9.59 Å². The lowest BCUT2D eigenvalue weighted by Crippen LogP contribution is -2.39. The van der Waals surface area contributed by atoms with Gasteiger partial charge in [-0.2, -0.15) is 4.31 Å². The van der Waals surface area contributed by atoms with E-state index >= 15 is 0 Å². The molecule has 13 heavy (non-hydrogen) atoms. The van der Waals surface area contributed by atoms with Crippen molar-refractivity contribution in [2.45, 2.75) is 26.4 Å². The number of carbonyl (C=O) groups is 2. The Morgan fingerprint density at radius 3 is 2.08 bits per heavy atom. The minimum Gasteiger partial charge on any atom is -0.443 e. The molecule has 0 aliphatic carbocycles. The first-order valence-electron chi connectivity index (χ1n) is 3.64. The molecule has 0 spiro atoms. The van der Waals surface area contributed by atoms with Crippen LogP contribution < -0.4 is 5.73 Å². The van der Waals surface area contributed by atoms with E-state index < -0.39 is 17.7 Å². The Kier molecular flexibility index (Phi) is 4.06. The second kappa shape index (κ2) is 4.36. The quantitative estimate of drug-likeness (QED) is 0.661. The van der Waals surface area contributed by atoms with Gasteiger partial charge in [0.1, 0.15) is 5.60 Å². The molecule has 0 bridgehead atoms. The molecule has 76 valence electrons. The Hall–Kier alpha value is -0.910. The van der Waals surface area contributed by atoms with Crippen LogP contribution >= 0.6 is 11.9 Å². The summed E-state index contributed by atoms with van der Waals surface area (Å²) in [6.07, 6.45) is 0.821. The van der Waals surface area contributed by atoms with Crippen molar-refractivity contribution < 1.29 is 14.3 Å². The Morgan fingerprint density at radius 2 is 1.85 bits per heavy atom. The summed E-state index contributed by atoms with van der Waals surface area (Å²) in [6, 6.07) is -0.832. The molecule has 0 fully saturated rings. The maximum atomic E-state index is 11.2. The highest BCUT2D eigenvalue weighted by Gasteiger charge is 2.24. The number of nitrogens with two attached hydrogens (primary N) is 1. The molecule has 0 aliphatic rings. The number of hydrogen-bond donors (Lipinski definition) is 1. The van der Waals surface area contributed by atoms with E-state index in [2.05, 4.69) is 0 Å². The van der Waals surface area contributed by atoms with Gasteiger partial charge in [-0.15, -0.1) is 0 Å². The topological polar surface area (TPSA) is 72.6 Å². The monoisotopic (exact) mass is 206 g/mol. The summed E-state index contributed by atoms with van der Waals surface area (Å²) in [5.74, 6) is 0. The van der Waals surface area contributed by atoms with Crippen molar-refractivity contribution in [3.05, 3.63) is 0 Å². The first-order chi connectivity index (χ1) is 5.78. The predicted molar refractivity (Wildman–Crippen MR) is 51.2 cm³/mol. The average Bonchev–Trinajstić information content (AvgIpc) is 1.82. The Labute approximate surface area is 81.7 Å². The molecule has 0 unspecified atom stereocenters. The maximum Gasteiger partial charge on any atom is 0.428 e. The number of imide groups is 1. The minimum atomic E-state index is -0.832. The van der Waals surface area contributed by atoms with Crippen molar-refractivity contribution in [2.75, 3.05) is 6.26 Å². The molecule has 0 atom stereocenters. The zero-order valence-electron chi connectivity index (χ0n) is 8.16. The molecule has 5 nitrogen and oxygen atoms in total. The van der Waals surface area contributed by atoms with Gasteiger partial charge in [-0.25, -0.2) is 9.59 Å². The number of hydrogen-bond acceptors (Lipinski definition) is 4. The normalized spacial score (nSPS) is 10.8. The molecule has 0 aromatic rings. The summed E-state index contributed by atoms with van der Waals surface area (Å²) < 4.78 is 5.67. The number of primary amides is 1. The average molecular weight is 206 g/mol. The third-order valence-corrected chi connectivity index (χ3v) is 1.64. The van der Waals surface area contributed by atoms with Gasteiger partial charge in [0.05, 0.1) is 0 Å². The molecule has 0 saturated heterocycles. The molecule has 0 rings (SSSR count). The van der Waals surface area contributed by atoms with Crippen LogP contribution in [-0.4, -0.2) is 28.3 Å². The van der Waals surface area contributed by atoms with Crippen LogP contribution in [0.1, 0.15) is 20.8 Å². The molecule has 6 heteroatoms. The number of nitrogens with zero attached hydrogens (tertiary/aromatic N) is 1. The van der Waals surface area contributed by atoms with Crippen molar-refractivity contribution in [3.63, 3.8) is 0 Å². The summed E-state index contributed by atoms with van der Waals surface area (Å²) in [5, 5.41) is 0. The van der Waals surface area contributed by atoms with Crippen molar-refractivity contribution in [1.82, 2.24) is 4.31 Å². The van der Waals surface area contributed by atoms with E-state index in [0.717, 1.165) is 16.3 Å². The molecule has 2 N–H and O–H groups in total. The fourth-order valence-electron chi connectivity index (χ4n) is 0.558. The van der Waals surface area contributed by atoms with E-state index in [0.29, 0.717) is 0 Å². The largest absolute Gasteiger partial charge is 0.443 e. The summed E-state index contributed by atoms with van der Waals surface area (Å²) in [6.45, 7) is 5.14. The zero-order valence-corrected chi connectivity index (χ0v) is 8.97. The Morgan fingerprint density at radius 1 is 1.38 bits per heavy atom. The molecule has 0 aromatic carbocycles.